The molecule has 7 rings (SSSR count). The van der Waals surface area contributed by atoms with Gasteiger partial charge in [-0.2, -0.15) is 0 Å². The molecule has 0 amide bonds. The zero-order chi connectivity index (χ0) is 38.2. The summed E-state index contributed by atoms with van der Waals surface area (Å²) in [5, 5.41) is 4.20. The van der Waals surface area contributed by atoms with Gasteiger partial charge in [0.25, 0.3) is 0 Å². The van der Waals surface area contributed by atoms with E-state index in [0.29, 0.717) is 54.3 Å². The molecule has 1 aromatic carbocycles. The zero-order valence-corrected chi connectivity index (χ0v) is 35.0. The summed E-state index contributed by atoms with van der Waals surface area (Å²) in [7, 11) is 3.02. The van der Waals surface area contributed by atoms with Crippen molar-refractivity contribution in [2.45, 2.75) is 98.1 Å². The van der Waals surface area contributed by atoms with Gasteiger partial charge in [0.2, 0.25) is 0 Å². The molecule has 53 heavy (non-hydrogen) atoms. The smallest absolute Gasteiger partial charge is 0.337 e. The van der Waals surface area contributed by atoms with Crippen LogP contribution in [0, 0.1) is 51.2 Å². The fourth-order valence-electron chi connectivity index (χ4n) is 13.8. The third-order valence-corrected chi connectivity index (χ3v) is 18.7. The number of hydrogen-bond donors (Lipinski definition) is 1. The molecule has 4 fully saturated rings. The number of benzene rings is 1. The van der Waals surface area contributed by atoms with Gasteiger partial charge in [-0.1, -0.05) is 52.8 Å². The molecule has 10 unspecified atom stereocenters. The van der Waals surface area contributed by atoms with Gasteiger partial charge < -0.3 is 19.9 Å². The molecular weight excluding hydrogens is 681 g/mol. The van der Waals surface area contributed by atoms with Gasteiger partial charge in [-0.05, 0) is 135 Å². The lowest BCUT2D eigenvalue weighted by Gasteiger charge is -2.73. The number of rotatable bonds is 8. The van der Waals surface area contributed by atoms with Crippen LogP contribution in [0.5, 0.6) is 0 Å². The van der Waals surface area contributed by atoms with E-state index in [1.807, 2.05) is 12.1 Å². The predicted molar refractivity (Wildman–Crippen MR) is 216 cm³/mol. The maximum atomic E-state index is 12.2. The van der Waals surface area contributed by atoms with Gasteiger partial charge in [0, 0.05) is 49.9 Å². The van der Waals surface area contributed by atoms with Crippen molar-refractivity contribution < 1.29 is 17.9 Å². The molecule has 2 aliphatic heterocycles. The normalized spacial score (nSPS) is 40.9. The highest BCUT2D eigenvalue weighted by Gasteiger charge is 2.70. The van der Waals surface area contributed by atoms with E-state index in [2.05, 4.69) is 95.2 Å². The first-order valence-electron chi connectivity index (χ1n) is 20.7. The number of carbonyl (C=O) groups excluding carboxylic acids is 1. The molecule has 4 aliphatic carbocycles. The summed E-state index contributed by atoms with van der Waals surface area (Å²) in [6.45, 7) is 19.4. The predicted octanol–water partition coefficient (Wildman–Crippen LogP) is 6.86. The Hall–Kier alpha value is -2.07. The summed E-state index contributed by atoms with van der Waals surface area (Å²) < 4.78 is 29.2. The largest absolute Gasteiger partial charge is 0.465 e. The first-order valence-corrected chi connectivity index (χ1v) is 22.5. The molecule has 1 aromatic rings. The number of esters is 1. The fraction of sp³-hybridized carbons (Fsp3) is 0.773. The number of fused-ring (bicyclic) bond motifs is 7. The summed E-state index contributed by atoms with van der Waals surface area (Å²) in [4.78, 5) is 22.1. The van der Waals surface area contributed by atoms with Crippen molar-refractivity contribution in [3.63, 3.8) is 0 Å². The van der Waals surface area contributed by atoms with E-state index >= 15 is 0 Å². The summed E-state index contributed by atoms with van der Waals surface area (Å²) in [6, 6.07) is 8.48. The van der Waals surface area contributed by atoms with Gasteiger partial charge in [-0.3, -0.25) is 4.99 Å². The standard InChI is InChI=1S/C44H68N4O4S/c1-30(47(7)8)33-28-45-29-44(46-22-23-48-24-26-53(50,51)27-25-48)21-20-42(5)35(38(33)44)14-15-37-41(4)18-16-34(31-10-12-32(13-11-31)39(49)52-9)40(2,3)36(41)17-19-43(37,42)6/h10-13,16,28,30,33,35-38,46H,14-15,17-27,29H2,1-9H3. The summed E-state index contributed by atoms with van der Waals surface area (Å²) in [6.07, 6.45) is 13.5. The van der Waals surface area contributed by atoms with E-state index in [4.69, 9.17) is 9.73 Å². The number of aliphatic imine (C=N–C) groups is 1. The Bertz CT molecular complexity index is 1710. The Labute approximate surface area is 320 Å². The van der Waals surface area contributed by atoms with E-state index in [0.717, 1.165) is 32.5 Å². The number of nitrogens with one attached hydrogen (secondary N) is 1. The Morgan fingerprint density at radius 2 is 1.68 bits per heavy atom. The van der Waals surface area contributed by atoms with Crippen molar-refractivity contribution in [2.75, 3.05) is 65.4 Å². The van der Waals surface area contributed by atoms with Crippen LogP contribution < -0.4 is 5.32 Å². The van der Waals surface area contributed by atoms with Gasteiger partial charge in [0.1, 0.15) is 0 Å². The molecule has 1 N–H and O–H groups in total. The summed E-state index contributed by atoms with van der Waals surface area (Å²) in [5.74, 6) is 3.03. The maximum absolute atomic E-state index is 12.2. The summed E-state index contributed by atoms with van der Waals surface area (Å²) >= 11 is 0. The lowest BCUT2D eigenvalue weighted by atomic mass is 9.32. The second-order valence-corrected chi connectivity index (χ2v) is 22.0. The Morgan fingerprint density at radius 1 is 0.981 bits per heavy atom. The molecular formula is C44H68N4O4S. The second kappa shape index (κ2) is 13.8. The van der Waals surface area contributed by atoms with Crippen LogP contribution in [0.4, 0.5) is 0 Å². The molecule has 3 saturated carbocycles. The van der Waals surface area contributed by atoms with Crippen LogP contribution >= 0.6 is 0 Å². The topological polar surface area (TPSA) is 91.3 Å². The van der Waals surface area contributed by atoms with Crippen molar-refractivity contribution >= 4 is 27.6 Å². The number of sulfone groups is 1. The van der Waals surface area contributed by atoms with Gasteiger partial charge in [-0.25, -0.2) is 13.2 Å². The minimum absolute atomic E-state index is 0.0229. The molecule has 2 heterocycles. The molecule has 0 radical (unpaired) electrons. The molecule has 0 spiro atoms. The highest BCUT2D eigenvalue weighted by atomic mass is 32.2. The van der Waals surface area contributed by atoms with Gasteiger partial charge in [0.15, 0.2) is 9.84 Å². The molecule has 8 nitrogen and oxygen atoms in total. The Morgan fingerprint density at radius 3 is 2.34 bits per heavy atom. The van der Waals surface area contributed by atoms with Crippen molar-refractivity contribution in [2.24, 2.45) is 56.2 Å². The fourth-order valence-corrected chi connectivity index (χ4v) is 15.1. The highest BCUT2D eigenvalue weighted by molar-refractivity contribution is 7.91. The lowest BCUT2D eigenvalue weighted by Crippen LogP contribution is -2.72. The minimum atomic E-state index is -2.88. The lowest BCUT2D eigenvalue weighted by molar-refractivity contribution is -0.224. The van der Waals surface area contributed by atoms with E-state index in [1.54, 1.807) is 0 Å². The average molecular weight is 749 g/mol. The third kappa shape index (κ3) is 6.30. The van der Waals surface area contributed by atoms with Crippen LogP contribution in [0.1, 0.15) is 102 Å². The maximum Gasteiger partial charge on any atom is 0.337 e. The molecule has 1 saturated heterocycles. The van der Waals surface area contributed by atoms with Crippen LogP contribution in [0.15, 0.2) is 35.3 Å². The van der Waals surface area contributed by atoms with E-state index in [1.165, 1.54) is 50.4 Å². The average Bonchev–Trinajstić information content (AvgIpc) is 3.11. The second-order valence-electron chi connectivity index (χ2n) is 19.7. The van der Waals surface area contributed by atoms with Gasteiger partial charge in [0.05, 0.1) is 30.7 Å². The number of carbonyl (C=O) groups is 1. The van der Waals surface area contributed by atoms with Gasteiger partial charge in [-0.15, -0.1) is 0 Å². The van der Waals surface area contributed by atoms with E-state index in [-0.39, 0.29) is 44.7 Å². The molecule has 294 valence electrons. The minimum Gasteiger partial charge on any atom is -0.465 e. The number of ether oxygens (including phenoxy) is 1. The SMILES string of the molecule is COC(=O)c1ccc(C2=CCC3(C)C(CCC4(C)C3CCC3C5C(C(C)N(C)C)C=NCC5(NCCN5CCS(=O)(=O)CC5)CCC34C)C2(C)C)cc1. The van der Waals surface area contributed by atoms with Crippen molar-refractivity contribution in [1.82, 2.24) is 15.1 Å². The number of allylic oxidation sites excluding steroid dienone is 2. The van der Waals surface area contributed by atoms with Crippen molar-refractivity contribution in [3.05, 3.63) is 41.5 Å². The Kier molecular flexibility index (Phi) is 10.2. The molecule has 9 heteroatoms. The zero-order valence-electron chi connectivity index (χ0n) is 34.2. The first-order chi connectivity index (χ1) is 24.9. The number of hydrogen-bond acceptors (Lipinski definition) is 8. The molecule has 6 aliphatic rings. The van der Waals surface area contributed by atoms with Crippen LogP contribution in [0.2, 0.25) is 0 Å². The summed E-state index contributed by atoms with van der Waals surface area (Å²) in [5.41, 5.74) is 3.95. The van der Waals surface area contributed by atoms with Crippen LogP contribution in [-0.4, -0.2) is 107 Å². The van der Waals surface area contributed by atoms with Crippen molar-refractivity contribution in [1.29, 1.82) is 0 Å². The monoisotopic (exact) mass is 748 g/mol. The van der Waals surface area contributed by atoms with Crippen molar-refractivity contribution in [3.8, 4) is 0 Å². The van der Waals surface area contributed by atoms with Gasteiger partial charge >= 0.3 is 5.97 Å². The highest BCUT2D eigenvalue weighted by Crippen LogP contribution is 2.75. The molecule has 0 aromatic heterocycles. The molecule has 10 atom stereocenters. The van der Waals surface area contributed by atoms with E-state index < -0.39 is 9.84 Å². The third-order valence-electron chi connectivity index (χ3n) is 17.1. The number of nitrogens with zero attached hydrogens (tertiary/aromatic N) is 3. The molecule has 0 bridgehead atoms. The van der Waals surface area contributed by atoms with Crippen LogP contribution in [0.25, 0.3) is 5.57 Å². The quantitative estimate of drug-likeness (QED) is 0.291. The number of methoxy groups -OCH3 is 1. The van der Waals surface area contributed by atoms with Crippen LogP contribution in [-0.2, 0) is 14.6 Å². The van der Waals surface area contributed by atoms with Crippen LogP contribution in [0.3, 0.4) is 0 Å². The Balaban J connectivity index is 1.17. The first kappa shape index (κ1) is 39.2. The van der Waals surface area contributed by atoms with E-state index in [9.17, 15) is 13.2 Å².